The fraction of sp³-hybridized carbons (Fsp3) is 0.182. The molecule has 88 valence electrons. The first kappa shape index (κ1) is 11.7. The van der Waals surface area contributed by atoms with Crippen molar-refractivity contribution in [3.05, 3.63) is 39.4 Å². The number of allylic oxidation sites excluding steroid dienone is 1. The lowest BCUT2D eigenvalue weighted by atomic mass is 10.2. The lowest BCUT2D eigenvalue weighted by molar-refractivity contribution is -0.385. The van der Waals surface area contributed by atoms with Gasteiger partial charge in [0.15, 0.2) is 0 Å². The quantitative estimate of drug-likeness (QED) is 0.357. The second kappa shape index (κ2) is 4.58. The number of carbonyl (C=O) groups excluding carboxylic acids is 1. The minimum Gasteiger partial charge on any atom is -0.335 e. The molecule has 0 saturated heterocycles. The van der Waals surface area contributed by atoms with Gasteiger partial charge in [0.2, 0.25) is 0 Å². The van der Waals surface area contributed by atoms with Crippen LogP contribution in [0.15, 0.2) is 34.2 Å². The SMILES string of the molecule is CCN1/C(=C\C=O)Sc2cc([N+](=O)[O-])ccc21. The van der Waals surface area contributed by atoms with Crippen molar-refractivity contribution < 1.29 is 9.72 Å². The fourth-order valence-corrected chi connectivity index (χ4v) is 2.86. The van der Waals surface area contributed by atoms with Crippen molar-refractivity contribution in [2.24, 2.45) is 0 Å². The maximum atomic E-state index is 10.7. The molecule has 1 aromatic carbocycles. The number of aldehydes is 1. The lowest BCUT2D eigenvalue weighted by Gasteiger charge is -2.16. The van der Waals surface area contributed by atoms with Crippen LogP contribution < -0.4 is 4.90 Å². The standard InChI is InChI=1S/C11H10N2O3S/c1-2-12-9-4-3-8(13(15)16)7-10(9)17-11(12)5-6-14/h3-7H,2H2,1H3/b11-5+. The predicted octanol–water partition coefficient (Wildman–Crippen LogP) is 2.57. The zero-order valence-corrected chi connectivity index (χ0v) is 9.94. The van der Waals surface area contributed by atoms with Crippen molar-refractivity contribution in [1.29, 1.82) is 0 Å². The largest absolute Gasteiger partial charge is 0.335 e. The molecular weight excluding hydrogens is 240 g/mol. The first-order valence-electron chi connectivity index (χ1n) is 5.06. The van der Waals surface area contributed by atoms with Crippen molar-refractivity contribution in [2.45, 2.75) is 11.8 Å². The average Bonchev–Trinajstić information content (AvgIpc) is 2.65. The highest BCUT2D eigenvalue weighted by Gasteiger charge is 2.25. The van der Waals surface area contributed by atoms with Gasteiger partial charge in [-0.05, 0) is 13.0 Å². The molecule has 0 N–H and O–H groups in total. The molecule has 6 heteroatoms. The van der Waals surface area contributed by atoms with Crippen molar-refractivity contribution in [1.82, 2.24) is 0 Å². The highest BCUT2D eigenvalue weighted by Crippen LogP contribution is 2.46. The van der Waals surface area contributed by atoms with E-state index < -0.39 is 4.92 Å². The third-order valence-corrected chi connectivity index (χ3v) is 3.56. The summed E-state index contributed by atoms with van der Waals surface area (Å²) in [6, 6.07) is 4.73. The molecule has 0 aromatic heterocycles. The van der Waals surface area contributed by atoms with Crippen molar-refractivity contribution in [3.8, 4) is 0 Å². The number of benzene rings is 1. The molecule has 1 aliphatic rings. The van der Waals surface area contributed by atoms with Gasteiger partial charge in [-0.2, -0.15) is 0 Å². The van der Waals surface area contributed by atoms with Crippen LogP contribution in [-0.4, -0.2) is 17.8 Å². The molecule has 0 atom stereocenters. The molecular formula is C11H10N2O3S. The maximum Gasteiger partial charge on any atom is 0.270 e. The predicted molar refractivity (Wildman–Crippen MR) is 66.1 cm³/mol. The minimum atomic E-state index is -0.418. The van der Waals surface area contributed by atoms with Crippen LogP contribution in [0.25, 0.3) is 0 Å². The first-order valence-corrected chi connectivity index (χ1v) is 5.88. The van der Waals surface area contributed by atoms with Gasteiger partial charge in [-0.15, -0.1) is 0 Å². The minimum absolute atomic E-state index is 0.0691. The number of carbonyl (C=O) groups is 1. The number of hydrogen-bond acceptors (Lipinski definition) is 5. The number of non-ortho nitro benzene ring substituents is 1. The molecule has 1 aliphatic heterocycles. The highest BCUT2D eigenvalue weighted by molar-refractivity contribution is 8.03. The number of nitro benzene ring substituents is 1. The van der Waals surface area contributed by atoms with E-state index >= 15 is 0 Å². The summed E-state index contributed by atoms with van der Waals surface area (Å²) >= 11 is 1.38. The summed E-state index contributed by atoms with van der Waals surface area (Å²) < 4.78 is 0. The summed E-state index contributed by atoms with van der Waals surface area (Å²) in [6.45, 7) is 2.69. The molecule has 0 aliphatic carbocycles. The summed E-state index contributed by atoms with van der Waals surface area (Å²) in [4.78, 5) is 23.5. The van der Waals surface area contributed by atoms with Crippen LogP contribution in [0.5, 0.6) is 0 Å². The summed E-state index contributed by atoms with van der Waals surface area (Å²) in [5, 5.41) is 11.5. The third-order valence-electron chi connectivity index (χ3n) is 2.45. The Morgan fingerprint density at radius 2 is 2.29 bits per heavy atom. The van der Waals surface area contributed by atoms with E-state index in [-0.39, 0.29) is 5.69 Å². The molecule has 0 fully saturated rings. The Balaban J connectivity index is 2.45. The molecule has 5 nitrogen and oxygen atoms in total. The summed E-state index contributed by atoms with van der Waals surface area (Å²) in [6.07, 6.45) is 2.20. The molecule has 0 radical (unpaired) electrons. The Morgan fingerprint density at radius 1 is 1.53 bits per heavy atom. The average molecular weight is 250 g/mol. The van der Waals surface area contributed by atoms with E-state index in [1.807, 2.05) is 11.8 Å². The number of fused-ring (bicyclic) bond motifs is 1. The summed E-state index contributed by atoms with van der Waals surface area (Å²) in [5.74, 6) is 0. The molecule has 0 bridgehead atoms. The third kappa shape index (κ3) is 2.03. The van der Waals surface area contributed by atoms with Crippen molar-refractivity contribution >= 4 is 29.4 Å². The number of nitro groups is 1. The fourth-order valence-electron chi connectivity index (χ4n) is 1.72. The summed E-state index contributed by atoms with van der Waals surface area (Å²) in [7, 11) is 0. The molecule has 1 aromatic rings. The highest BCUT2D eigenvalue weighted by atomic mass is 32.2. The van der Waals surface area contributed by atoms with Crippen LogP contribution >= 0.6 is 11.8 Å². The zero-order valence-electron chi connectivity index (χ0n) is 9.12. The van der Waals surface area contributed by atoms with E-state index in [1.165, 1.54) is 30.0 Å². The van der Waals surface area contributed by atoms with E-state index in [2.05, 4.69) is 0 Å². The Labute approximate surface area is 102 Å². The first-order chi connectivity index (χ1) is 8.17. The maximum absolute atomic E-state index is 10.7. The van der Waals surface area contributed by atoms with Gasteiger partial charge >= 0.3 is 0 Å². The number of hydrogen-bond donors (Lipinski definition) is 0. The molecule has 0 unspecified atom stereocenters. The smallest absolute Gasteiger partial charge is 0.270 e. The van der Waals surface area contributed by atoms with Crippen molar-refractivity contribution in [3.63, 3.8) is 0 Å². The Hall–Kier alpha value is -1.82. The van der Waals surface area contributed by atoms with Gasteiger partial charge in [0.25, 0.3) is 5.69 Å². The van der Waals surface area contributed by atoms with Crippen LogP contribution in [-0.2, 0) is 4.79 Å². The van der Waals surface area contributed by atoms with E-state index in [0.29, 0.717) is 0 Å². The van der Waals surface area contributed by atoms with E-state index in [1.54, 1.807) is 6.07 Å². The zero-order chi connectivity index (χ0) is 12.4. The van der Waals surface area contributed by atoms with Crippen LogP contribution in [0.3, 0.4) is 0 Å². The van der Waals surface area contributed by atoms with Gasteiger partial charge in [-0.3, -0.25) is 14.9 Å². The monoisotopic (exact) mass is 250 g/mol. The molecule has 0 spiro atoms. The van der Waals surface area contributed by atoms with Gasteiger partial charge in [0.05, 0.1) is 15.6 Å². The number of anilines is 1. The number of rotatable bonds is 3. The Morgan fingerprint density at radius 3 is 2.88 bits per heavy atom. The van der Waals surface area contributed by atoms with Gasteiger partial charge in [-0.25, -0.2) is 0 Å². The van der Waals surface area contributed by atoms with E-state index in [4.69, 9.17) is 0 Å². The second-order valence-electron chi connectivity index (χ2n) is 3.40. The molecule has 2 rings (SSSR count). The van der Waals surface area contributed by atoms with Gasteiger partial charge < -0.3 is 4.90 Å². The lowest BCUT2D eigenvalue weighted by Crippen LogP contribution is -2.16. The van der Waals surface area contributed by atoms with Crippen LogP contribution in [0.4, 0.5) is 11.4 Å². The van der Waals surface area contributed by atoms with Gasteiger partial charge in [0.1, 0.15) is 6.29 Å². The topological polar surface area (TPSA) is 63.5 Å². The molecule has 17 heavy (non-hydrogen) atoms. The number of thioether (sulfide) groups is 1. The van der Waals surface area contributed by atoms with Crippen LogP contribution in [0.1, 0.15) is 6.92 Å². The van der Waals surface area contributed by atoms with Crippen molar-refractivity contribution in [2.75, 3.05) is 11.4 Å². The van der Waals surface area contributed by atoms with E-state index in [9.17, 15) is 14.9 Å². The van der Waals surface area contributed by atoms with Crippen LogP contribution in [0.2, 0.25) is 0 Å². The molecule has 0 saturated carbocycles. The molecule has 0 amide bonds. The van der Waals surface area contributed by atoms with Crippen LogP contribution in [0, 0.1) is 10.1 Å². The van der Waals surface area contributed by atoms with E-state index in [0.717, 1.165) is 28.4 Å². The van der Waals surface area contributed by atoms with Gasteiger partial charge in [0, 0.05) is 29.6 Å². The Bertz CT molecular complexity index is 513. The van der Waals surface area contributed by atoms with Gasteiger partial charge in [-0.1, -0.05) is 11.8 Å². The summed E-state index contributed by atoms with van der Waals surface area (Å²) in [5.41, 5.74) is 0.982. The second-order valence-corrected chi connectivity index (χ2v) is 4.46. The normalized spacial score (nSPS) is 16.1. The molecule has 1 heterocycles. The number of nitrogens with zero attached hydrogens (tertiary/aromatic N) is 2. The Kier molecular flexibility index (Phi) is 3.14.